The molecule has 0 amide bonds. The summed E-state index contributed by atoms with van der Waals surface area (Å²) in [5, 5.41) is 0. The van der Waals surface area contributed by atoms with E-state index in [2.05, 4.69) is 25.1 Å². The molecule has 0 aliphatic rings. The molecule has 1 nitrogen and oxygen atoms in total. The normalized spacial score (nSPS) is 10.1. The first-order valence-electron chi connectivity index (χ1n) is 4.42. The van der Waals surface area contributed by atoms with E-state index in [1.165, 1.54) is 15.3 Å². The van der Waals surface area contributed by atoms with Crippen LogP contribution in [0.5, 0.6) is 5.75 Å². The zero-order valence-electron chi connectivity index (χ0n) is 8.20. The molecule has 1 aromatic carbocycles. The molecule has 0 fully saturated rings. The molecule has 0 saturated heterocycles. The monoisotopic (exact) mass is 203 g/mol. The van der Waals surface area contributed by atoms with Gasteiger partial charge in [0.05, 0.1) is 7.11 Å². The highest BCUT2D eigenvalue weighted by Crippen LogP contribution is 2.28. The third-order valence-corrected chi connectivity index (χ3v) is 3.04. The molecule has 1 aromatic heterocycles. The van der Waals surface area contributed by atoms with Gasteiger partial charge in [0.1, 0.15) is 5.75 Å². The molecular weight excluding hydrogens is 192 g/mol. The fourth-order valence-corrected chi connectivity index (χ4v) is 2.11. The van der Waals surface area contributed by atoms with Crippen LogP contribution in [-0.4, -0.2) is 7.11 Å². The minimum Gasteiger partial charge on any atom is -0.497 e. The number of rotatable bonds is 2. The van der Waals surface area contributed by atoms with Crippen molar-refractivity contribution < 1.29 is 4.74 Å². The number of ether oxygens (including phenoxy) is 1. The molecule has 0 aliphatic carbocycles. The van der Waals surface area contributed by atoms with E-state index in [-0.39, 0.29) is 0 Å². The molecule has 0 saturated carbocycles. The number of benzene rings is 1. The van der Waals surface area contributed by atoms with Gasteiger partial charge in [-0.05, 0) is 48.9 Å². The Labute approximate surface area is 88.0 Å². The smallest absolute Gasteiger partial charge is 0.118 e. The van der Waals surface area contributed by atoms with E-state index in [9.17, 15) is 0 Å². The lowest BCUT2D eigenvalue weighted by molar-refractivity contribution is 0.415. The van der Waals surface area contributed by atoms with Crippen molar-refractivity contribution in [1.82, 2.24) is 0 Å². The van der Waals surface area contributed by atoms with Gasteiger partial charge in [-0.25, -0.2) is 0 Å². The number of hydrogen-bond acceptors (Lipinski definition) is 2. The van der Waals surface area contributed by atoms with Gasteiger partial charge in [-0.15, -0.1) is 11.3 Å². The average molecular weight is 203 g/mol. The fourth-order valence-electron chi connectivity index (χ4n) is 1.29. The van der Waals surface area contributed by atoms with Crippen LogP contribution in [0.15, 0.2) is 30.3 Å². The van der Waals surface area contributed by atoms with Crippen LogP contribution in [-0.2, 0) is 0 Å². The van der Waals surface area contributed by atoms with Crippen molar-refractivity contribution in [2.75, 3.05) is 7.11 Å². The van der Waals surface area contributed by atoms with Crippen LogP contribution in [0, 0.1) is 13.0 Å². The zero-order valence-corrected chi connectivity index (χ0v) is 9.02. The minimum absolute atomic E-state index is 0.894. The second-order valence-electron chi connectivity index (χ2n) is 3.04. The first-order chi connectivity index (χ1) is 6.79. The van der Waals surface area contributed by atoms with E-state index in [4.69, 9.17) is 4.74 Å². The summed E-state index contributed by atoms with van der Waals surface area (Å²) in [6.45, 7) is 2.07. The Balaban J connectivity index is 2.33. The fraction of sp³-hybridized carbons (Fsp3) is 0.167. The van der Waals surface area contributed by atoms with Gasteiger partial charge in [0.15, 0.2) is 0 Å². The maximum absolute atomic E-state index is 5.11. The van der Waals surface area contributed by atoms with Crippen LogP contribution in [0.25, 0.3) is 10.4 Å². The molecule has 0 atom stereocenters. The van der Waals surface area contributed by atoms with Gasteiger partial charge in [-0.3, -0.25) is 0 Å². The van der Waals surface area contributed by atoms with Crippen molar-refractivity contribution in [2.24, 2.45) is 0 Å². The van der Waals surface area contributed by atoms with Crippen molar-refractivity contribution in [2.45, 2.75) is 6.92 Å². The molecular formula is C12H11OS. The summed E-state index contributed by atoms with van der Waals surface area (Å²) < 4.78 is 5.11. The van der Waals surface area contributed by atoms with Crippen LogP contribution in [0.3, 0.4) is 0 Å². The third-order valence-electron chi connectivity index (χ3n) is 2.04. The third kappa shape index (κ3) is 1.80. The van der Waals surface area contributed by atoms with Crippen molar-refractivity contribution in [1.29, 1.82) is 0 Å². The quantitative estimate of drug-likeness (QED) is 0.725. The van der Waals surface area contributed by atoms with Crippen LogP contribution in [0.4, 0.5) is 0 Å². The molecule has 1 radical (unpaired) electrons. The number of thiophene rings is 1. The zero-order chi connectivity index (χ0) is 9.97. The molecule has 71 valence electrons. The van der Waals surface area contributed by atoms with Gasteiger partial charge in [0.2, 0.25) is 0 Å². The van der Waals surface area contributed by atoms with Crippen molar-refractivity contribution in [3.05, 3.63) is 41.3 Å². The maximum Gasteiger partial charge on any atom is 0.118 e. The van der Waals surface area contributed by atoms with Crippen LogP contribution in [0.2, 0.25) is 0 Å². The second kappa shape index (κ2) is 3.84. The van der Waals surface area contributed by atoms with E-state index < -0.39 is 0 Å². The van der Waals surface area contributed by atoms with Crippen LogP contribution < -0.4 is 4.74 Å². The summed E-state index contributed by atoms with van der Waals surface area (Å²) >= 11 is 1.76. The van der Waals surface area contributed by atoms with Gasteiger partial charge >= 0.3 is 0 Å². The summed E-state index contributed by atoms with van der Waals surface area (Å²) in [6, 6.07) is 13.3. The Bertz CT molecular complexity index is 414. The Hall–Kier alpha value is -1.28. The highest BCUT2D eigenvalue weighted by Gasteiger charge is 2.00. The number of hydrogen-bond donors (Lipinski definition) is 0. The Kier molecular flexibility index (Phi) is 2.55. The molecule has 2 heteroatoms. The molecule has 2 aromatic rings. The molecule has 0 N–H and O–H groups in total. The second-order valence-corrected chi connectivity index (χ2v) is 4.30. The summed E-state index contributed by atoms with van der Waals surface area (Å²) in [5.74, 6) is 0.894. The first-order valence-corrected chi connectivity index (χ1v) is 5.24. The van der Waals surface area contributed by atoms with E-state index >= 15 is 0 Å². The van der Waals surface area contributed by atoms with Crippen LogP contribution in [0.1, 0.15) is 4.88 Å². The van der Waals surface area contributed by atoms with Crippen molar-refractivity contribution >= 4 is 11.3 Å². The maximum atomic E-state index is 5.11. The van der Waals surface area contributed by atoms with Crippen LogP contribution >= 0.6 is 11.3 Å². The Morgan fingerprint density at radius 3 is 2.43 bits per heavy atom. The van der Waals surface area contributed by atoms with Crippen molar-refractivity contribution in [3.8, 4) is 16.2 Å². The van der Waals surface area contributed by atoms with Gasteiger partial charge < -0.3 is 4.74 Å². The average Bonchev–Trinajstić information content (AvgIpc) is 2.65. The summed E-state index contributed by atoms with van der Waals surface area (Å²) in [5.41, 5.74) is 1.22. The van der Waals surface area contributed by atoms with E-state index in [0.29, 0.717) is 0 Å². The molecule has 0 aliphatic heterocycles. The molecule has 2 rings (SSSR count). The summed E-state index contributed by atoms with van der Waals surface area (Å²) in [4.78, 5) is 2.47. The largest absolute Gasteiger partial charge is 0.497 e. The predicted molar refractivity (Wildman–Crippen MR) is 59.9 cm³/mol. The topological polar surface area (TPSA) is 9.23 Å². The number of aryl methyl sites for hydroxylation is 1. The van der Waals surface area contributed by atoms with Gasteiger partial charge in [-0.2, -0.15) is 0 Å². The predicted octanol–water partition coefficient (Wildman–Crippen LogP) is 3.53. The Morgan fingerprint density at radius 2 is 1.93 bits per heavy atom. The highest BCUT2D eigenvalue weighted by atomic mass is 32.1. The molecule has 1 heterocycles. The lowest BCUT2D eigenvalue weighted by atomic mass is 10.2. The summed E-state index contributed by atoms with van der Waals surface area (Å²) in [7, 11) is 1.68. The first kappa shape index (κ1) is 9.28. The summed E-state index contributed by atoms with van der Waals surface area (Å²) in [6.07, 6.45) is 0. The molecule has 0 spiro atoms. The van der Waals surface area contributed by atoms with Gasteiger partial charge in [0, 0.05) is 9.75 Å². The highest BCUT2D eigenvalue weighted by molar-refractivity contribution is 7.15. The van der Waals surface area contributed by atoms with Gasteiger partial charge in [0.25, 0.3) is 0 Å². The Morgan fingerprint density at radius 1 is 1.21 bits per heavy atom. The molecule has 0 bridgehead atoms. The van der Waals surface area contributed by atoms with E-state index in [1.54, 1.807) is 18.4 Å². The minimum atomic E-state index is 0.894. The molecule has 0 unspecified atom stereocenters. The van der Waals surface area contributed by atoms with Crippen molar-refractivity contribution in [3.63, 3.8) is 0 Å². The lowest BCUT2D eigenvalue weighted by Gasteiger charge is -2.00. The SMILES string of the molecule is COc1ccc(-c2c[c]c(C)s2)cc1. The van der Waals surface area contributed by atoms with E-state index in [1.807, 2.05) is 18.2 Å². The standard InChI is InChI=1S/C12H11OS/c1-9-3-8-12(14-9)10-4-6-11(13-2)7-5-10/h4-8H,1-2H3. The lowest BCUT2D eigenvalue weighted by Crippen LogP contribution is -1.81. The molecule has 14 heavy (non-hydrogen) atoms. The number of methoxy groups -OCH3 is 1. The van der Waals surface area contributed by atoms with E-state index in [0.717, 1.165) is 5.75 Å². The van der Waals surface area contributed by atoms with Gasteiger partial charge in [-0.1, -0.05) is 0 Å².